The van der Waals surface area contributed by atoms with Crippen LogP contribution in [0.3, 0.4) is 0 Å². The minimum atomic E-state index is 0.0395. The van der Waals surface area contributed by atoms with Gasteiger partial charge in [0.25, 0.3) is 0 Å². The van der Waals surface area contributed by atoms with Crippen LogP contribution in [-0.2, 0) is 4.74 Å². The summed E-state index contributed by atoms with van der Waals surface area (Å²) >= 11 is 1.83. The van der Waals surface area contributed by atoms with Crippen LogP contribution < -0.4 is 5.32 Å². The summed E-state index contributed by atoms with van der Waals surface area (Å²) in [7, 11) is 0. The van der Waals surface area contributed by atoms with Crippen LogP contribution in [0.4, 0.5) is 4.79 Å². The Balaban J connectivity index is 1.62. The average Bonchev–Trinajstić information content (AvgIpc) is 2.72. The molecule has 0 spiro atoms. The molecule has 1 unspecified atom stereocenters. The smallest absolute Gasteiger partial charge is 0.317 e. The van der Waals surface area contributed by atoms with Crippen molar-refractivity contribution in [3.63, 3.8) is 0 Å². The summed E-state index contributed by atoms with van der Waals surface area (Å²) in [6, 6.07) is 10.6. The van der Waals surface area contributed by atoms with Crippen LogP contribution in [0.2, 0.25) is 0 Å². The molecule has 116 valence electrons. The van der Waals surface area contributed by atoms with Gasteiger partial charge in [-0.3, -0.25) is 0 Å². The number of hydrogen-bond acceptors (Lipinski definition) is 3. The maximum atomic E-state index is 12.1. The van der Waals surface area contributed by atoms with Crippen molar-refractivity contribution in [2.24, 2.45) is 0 Å². The summed E-state index contributed by atoms with van der Waals surface area (Å²) in [6.45, 7) is 4.88. The highest BCUT2D eigenvalue weighted by atomic mass is 32.2. The third kappa shape index (κ3) is 5.59. The van der Waals surface area contributed by atoms with E-state index in [0.29, 0.717) is 13.2 Å². The summed E-state index contributed by atoms with van der Waals surface area (Å²) in [5.74, 6) is 1.02. The maximum Gasteiger partial charge on any atom is 0.317 e. The largest absolute Gasteiger partial charge is 0.380 e. The third-order valence-electron chi connectivity index (χ3n) is 3.56. The summed E-state index contributed by atoms with van der Waals surface area (Å²) in [4.78, 5) is 15.3. The van der Waals surface area contributed by atoms with E-state index < -0.39 is 0 Å². The molecule has 0 aromatic heterocycles. The SMILES string of the molecule is CC1CCOCCN1C(=O)NCCCSc1ccccc1. The normalized spacial score (nSPS) is 19.1. The van der Waals surface area contributed by atoms with E-state index in [2.05, 4.69) is 24.4 Å². The number of carbonyl (C=O) groups is 1. The van der Waals surface area contributed by atoms with Crippen molar-refractivity contribution in [2.75, 3.05) is 32.1 Å². The molecule has 0 bridgehead atoms. The van der Waals surface area contributed by atoms with Crippen LogP contribution in [0.25, 0.3) is 0 Å². The predicted octanol–water partition coefficient (Wildman–Crippen LogP) is 2.99. The number of thioether (sulfide) groups is 1. The van der Waals surface area contributed by atoms with Gasteiger partial charge in [0.05, 0.1) is 6.61 Å². The summed E-state index contributed by atoms with van der Waals surface area (Å²) < 4.78 is 5.41. The summed E-state index contributed by atoms with van der Waals surface area (Å²) in [6.07, 6.45) is 1.89. The number of ether oxygens (including phenoxy) is 1. The minimum Gasteiger partial charge on any atom is -0.380 e. The number of rotatable bonds is 5. The first-order valence-corrected chi connectivity index (χ1v) is 8.56. The number of amides is 2. The lowest BCUT2D eigenvalue weighted by Gasteiger charge is -2.26. The molecule has 1 aromatic rings. The van der Waals surface area contributed by atoms with Crippen molar-refractivity contribution in [3.05, 3.63) is 30.3 Å². The fourth-order valence-corrected chi connectivity index (χ4v) is 3.15. The van der Waals surface area contributed by atoms with Crippen LogP contribution in [0, 0.1) is 0 Å². The molecule has 1 aliphatic heterocycles. The number of hydrogen-bond donors (Lipinski definition) is 1. The molecule has 4 nitrogen and oxygen atoms in total. The van der Waals surface area contributed by atoms with Gasteiger partial charge in [0, 0.05) is 30.6 Å². The quantitative estimate of drug-likeness (QED) is 0.671. The van der Waals surface area contributed by atoms with Crippen molar-refractivity contribution in [1.29, 1.82) is 0 Å². The molecule has 2 rings (SSSR count). The highest BCUT2D eigenvalue weighted by Crippen LogP contribution is 2.17. The Morgan fingerprint density at radius 2 is 2.19 bits per heavy atom. The first-order chi connectivity index (χ1) is 10.3. The molecule has 1 saturated heterocycles. The molecule has 0 radical (unpaired) electrons. The molecule has 1 fully saturated rings. The van der Waals surface area contributed by atoms with Crippen LogP contribution in [0.5, 0.6) is 0 Å². The highest BCUT2D eigenvalue weighted by molar-refractivity contribution is 7.99. The van der Waals surface area contributed by atoms with Crippen molar-refractivity contribution in [2.45, 2.75) is 30.7 Å². The Labute approximate surface area is 131 Å². The Hall–Kier alpha value is -1.20. The average molecular weight is 308 g/mol. The molecule has 0 aliphatic carbocycles. The topological polar surface area (TPSA) is 41.6 Å². The molecule has 0 saturated carbocycles. The van der Waals surface area contributed by atoms with E-state index in [1.165, 1.54) is 4.90 Å². The van der Waals surface area contributed by atoms with E-state index in [1.54, 1.807) is 0 Å². The Morgan fingerprint density at radius 3 is 3.00 bits per heavy atom. The van der Waals surface area contributed by atoms with Gasteiger partial charge in [0.2, 0.25) is 0 Å². The van der Waals surface area contributed by atoms with Gasteiger partial charge in [0.15, 0.2) is 0 Å². The van der Waals surface area contributed by atoms with E-state index in [0.717, 1.165) is 31.7 Å². The van der Waals surface area contributed by atoms with E-state index in [-0.39, 0.29) is 12.1 Å². The van der Waals surface area contributed by atoms with Crippen LogP contribution in [0.1, 0.15) is 19.8 Å². The van der Waals surface area contributed by atoms with E-state index in [9.17, 15) is 4.79 Å². The second kappa shape index (κ2) is 8.95. The third-order valence-corrected chi connectivity index (χ3v) is 4.66. The van der Waals surface area contributed by atoms with Gasteiger partial charge in [-0.05, 0) is 37.7 Å². The monoisotopic (exact) mass is 308 g/mol. The number of urea groups is 1. The van der Waals surface area contributed by atoms with Crippen molar-refractivity contribution in [3.8, 4) is 0 Å². The van der Waals surface area contributed by atoms with E-state index in [4.69, 9.17) is 4.74 Å². The van der Waals surface area contributed by atoms with Gasteiger partial charge in [-0.15, -0.1) is 11.8 Å². The summed E-state index contributed by atoms with van der Waals surface area (Å²) in [5.41, 5.74) is 0. The van der Waals surface area contributed by atoms with Gasteiger partial charge in [-0.1, -0.05) is 18.2 Å². The molecule has 1 atom stereocenters. The van der Waals surface area contributed by atoms with Gasteiger partial charge in [-0.25, -0.2) is 4.79 Å². The van der Waals surface area contributed by atoms with E-state index >= 15 is 0 Å². The fourth-order valence-electron chi connectivity index (χ4n) is 2.27. The van der Waals surface area contributed by atoms with E-state index in [1.807, 2.05) is 34.9 Å². The number of nitrogens with one attached hydrogen (secondary N) is 1. The second-order valence-electron chi connectivity index (χ2n) is 5.19. The zero-order valence-corrected chi connectivity index (χ0v) is 13.4. The molecular formula is C16H24N2O2S. The maximum absolute atomic E-state index is 12.1. The number of benzene rings is 1. The Kier molecular flexibility index (Phi) is 6.89. The second-order valence-corrected chi connectivity index (χ2v) is 6.36. The lowest BCUT2D eigenvalue weighted by molar-refractivity contribution is 0.142. The summed E-state index contributed by atoms with van der Waals surface area (Å²) in [5, 5.41) is 3.01. The van der Waals surface area contributed by atoms with Crippen LogP contribution >= 0.6 is 11.8 Å². The molecule has 1 aromatic carbocycles. The highest BCUT2D eigenvalue weighted by Gasteiger charge is 2.21. The van der Waals surface area contributed by atoms with Crippen molar-refractivity contribution >= 4 is 17.8 Å². The van der Waals surface area contributed by atoms with Gasteiger partial charge < -0.3 is 15.0 Å². The zero-order chi connectivity index (χ0) is 14.9. The molecule has 1 heterocycles. The Morgan fingerprint density at radius 1 is 1.38 bits per heavy atom. The molecular weight excluding hydrogens is 284 g/mol. The van der Waals surface area contributed by atoms with Crippen LogP contribution in [0.15, 0.2) is 35.2 Å². The van der Waals surface area contributed by atoms with Gasteiger partial charge in [0.1, 0.15) is 0 Å². The number of carbonyl (C=O) groups excluding carboxylic acids is 1. The van der Waals surface area contributed by atoms with Gasteiger partial charge in [-0.2, -0.15) is 0 Å². The standard InChI is InChI=1S/C16H24N2O2S/c1-14-8-11-20-12-10-18(14)16(19)17-9-5-13-21-15-6-3-2-4-7-15/h2-4,6-7,14H,5,8-13H2,1H3,(H,17,19). The lowest BCUT2D eigenvalue weighted by atomic mass is 10.2. The minimum absolute atomic E-state index is 0.0395. The molecule has 1 N–H and O–H groups in total. The molecule has 2 amide bonds. The molecule has 1 aliphatic rings. The molecule has 5 heteroatoms. The zero-order valence-electron chi connectivity index (χ0n) is 12.6. The predicted molar refractivity (Wildman–Crippen MR) is 86.8 cm³/mol. The van der Waals surface area contributed by atoms with Crippen molar-refractivity contribution in [1.82, 2.24) is 10.2 Å². The fraction of sp³-hybridized carbons (Fsp3) is 0.562. The van der Waals surface area contributed by atoms with Gasteiger partial charge >= 0.3 is 6.03 Å². The molecule has 21 heavy (non-hydrogen) atoms. The lowest BCUT2D eigenvalue weighted by Crippen LogP contribution is -2.45. The Bertz CT molecular complexity index is 428. The number of nitrogens with zero attached hydrogens (tertiary/aromatic N) is 1. The van der Waals surface area contributed by atoms with Crippen LogP contribution in [-0.4, -0.2) is 49.0 Å². The first-order valence-electron chi connectivity index (χ1n) is 7.57. The van der Waals surface area contributed by atoms with Crippen molar-refractivity contribution < 1.29 is 9.53 Å². The first kappa shape index (κ1) is 16.2.